The summed E-state index contributed by atoms with van der Waals surface area (Å²) in [6.07, 6.45) is 7.61. The van der Waals surface area contributed by atoms with Crippen molar-refractivity contribution < 1.29 is 25.8 Å². The van der Waals surface area contributed by atoms with Crippen LogP contribution in [0.2, 0.25) is 0 Å². The van der Waals surface area contributed by atoms with E-state index >= 15 is 0 Å². The van der Waals surface area contributed by atoms with Gasteiger partial charge in [0.25, 0.3) is 0 Å². The van der Waals surface area contributed by atoms with E-state index in [0.717, 1.165) is 51.8 Å². The molecule has 0 spiro atoms. The van der Waals surface area contributed by atoms with Gasteiger partial charge in [-0.05, 0) is 79.8 Å². The van der Waals surface area contributed by atoms with E-state index in [9.17, 15) is 0 Å². The third kappa shape index (κ3) is 6.50. The minimum Gasteiger partial charge on any atom is -0.509 e. The van der Waals surface area contributed by atoms with Gasteiger partial charge in [0.15, 0.2) is 0 Å². The molecule has 7 rings (SSSR count). The van der Waals surface area contributed by atoms with Crippen molar-refractivity contribution in [2.45, 2.75) is 98.8 Å². The van der Waals surface area contributed by atoms with Gasteiger partial charge in [-0.15, -0.1) is 41.3 Å². The normalized spacial score (nSPS) is 16.6. The van der Waals surface area contributed by atoms with Crippen LogP contribution in [0.4, 0.5) is 0 Å². The van der Waals surface area contributed by atoms with Crippen molar-refractivity contribution in [3.05, 3.63) is 119 Å². The number of nitrogens with zero attached hydrogens (tertiary/aromatic N) is 4. The molecular formula is C44H48N4OPt. The van der Waals surface area contributed by atoms with Crippen molar-refractivity contribution in [2.75, 3.05) is 0 Å². The molecule has 5 nitrogen and oxygen atoms in total. The second-order valence-corrected chi connectivity index (χ2v) is 15.2. The molecule has 3 aromatic heterocycles. The zero-order chi connectivity index (χ0) is 34.6. The molecule has 1 unspecified atom stereocenters. The van der Waals surface area contributed by atoms with Crippen LogP contribution in [0.15, 0.2) is 78.5 Å². The van der Waals surface area contributed by atoms with E-state index in [0.29, 0.717) is 29.3 Å². The predicted octanol–water partition coefficient (Wildman–Crippen LogP) is 11.5. The Morgan fingerprint density at radius 3 is 2.46 bits per heavy atom. The van der Waals surface area contributed by atoms with Crippen molar-refractivity contribution in [3.63, 3.8) is 0 Å². The summed E-state index contributed by atoms with van der Waals surface area (Å²) in [5, 5.41) is 7.53. The number of para-hydroxylation sites is 1. The fourth-order valence-electron chi connectivity index (χ4n) is 7.78. The Morgan fingerprint density at radius 2 is 1.74 bits per heavy atom. The first-order valence-electron chi connectivity index (χ1n) is 17.9. The van der Waals surface area contributed by atoms with Crippen LogP contribution in [0.3, 0.4) is 0 Å². The Hall–Kier alpha value is -3.95. The summed E-state index contributed by atoms with van der Waals surface area (Å²) in [5.74, 6) is 3.39. The number of hydrogen-bond donors (Lipinski definition) is 0. The topological polar surface area (TPSA) is 44.9 Å². The van der Waals surface area contributed by atoms with E-state index in [4.69, 9.17) is 14.8 Å². The van der Waals surface area contributed by atoms with E-state index in [2.05, 4.69) is 144 Å². The molecule has 0 saturated heterocycles. The smallest absolute Gasteiger partial charge is 0.509 e. The Bertz CT molecular complexity index is 2210. The Balaban J connectivity index is 0.00000432. The average molecular weight is 844 g/mol. The summed E-state index contributed by atoms with van der Waals surface area (Å²) >= 11 is 0. The minimum atomic E-state index is -0.133. The largest absolute Gasteiger partial charge is 2.00 e. The van der Waals surface area contributed by atoms with Gasteiger partial charge in [-0.1, -0.05) is 83.8 Å². The Labute approximate surface area is 312 Å². The number of aromatic nitrogens is 4. The summed E-state index contributed by atoms with van der Waals surface area (Å²) in [7, 11) is 0. The quantitative estimate of drug-likeness (QED) is 0.119. The summed E-state index contributed by atoms with van der Waals surface area (Å²) in [4.78, 5) is 4.78. The molecule has 3 aromatic carbocycles. The summed E-state index contributed by atoms with van der Waals surface area (Å²) < 4.78 is 11.0. The summed E-state index contributed by atoms with van der Waals surface area (Å²) in [5.41, 5.74) is 10.4. The Morgan fingerprint density at radius 1 is 0.960 bits per heavy atom. The molecule has 0 radical (unpaired) electrons. The van der Waals surface area contributed by atoms with Gasteiger partial charge in [-0.25, -0.2) is 4.98 Å². The number of rotatable bonds is 7. The molecule has 50 heavy (non-hydrogen) atoms. The van der Waals surface area contributed by atoms with Gasteiger partial charge >= 0.3 is 21.1 Å². The molecule has 0 aliphatic heterocycles. The summed E-state index contributed by atoms with van der Waals surface area (Å²) in [6.45, 7) is 20.4. The van der Waals surface area contributed by atoms with E-state index in [1.807, 2.05) is 12.3 Å². The van der Waals surface area contributed by atoms with Gasteiger partial charge in [-0.2, -0.15) is 11.2 Å². The third-order valence-corrected chi connectivity index (χ3v) is 10.2. The molecule has 3 heterocycles. The molecule has 1 aliphatic rings. The first kappa shape index (κ1) is 35.9. The fourth-order valence-corrected chi connectivity index (χ4v) is 7.78. The van der Waals surface area contributed by atoms with Gasteiger partial charge in [0.05, 0.1) is 11.4 Å². The SMILES string of the molecule is CCc1ccnc(-n2c3[c-]c(Oc4[c-]c(-n5nc(C)c(C6C(C)=CCC[C@@H]6C)c5C(C)(C)C)cc(C(C)C)c4)ccc3c3ccccc32)c1.[Pt+2]. The second kappa shape index (κ2) is 14.0. The maximum atomic E-state index is 6.69. The van der Waals surface area contributed by atoms with Crippen molar-refractivity contribution >= 4 is 21.8 Å². The monoisotopic (exact) mass is 843 g/mol. The number of allylic oxidation sites excluding steroid dienone is 2. The van der Waals surface area contributed by atoms with Crippen molar-refractivity contribution in [1.82, 2.24) is 19.3 Å². The molecule has 0 saturated carbocycles. The van der Waals surface area contributed by atoms with E-state index in [1.54, 1.807) is 0 Å². The van der Waals surface area contributed by atoms with Crippen LogP contribution < -0.4 is 4.74 Å². The van der Waals surface area contributed by atoms with Crippen molar-refractivity contribution in [3.8, 4) is 23.0 Å². The number of benzene rings is 3. The van der Waals surface area contributed by atoms with Crippen molar-refractivity contribution in [1.29, 1.82) is 0 Å². The molecule has 6 aromatic rings. The van der Waals surface area contributed by atoms with Gasteiger partial charge in [0.1, 0.15) is 5.82 Å². The minimum absolute atomic E-state index is 0. The molecule has 6 heteroatoms. The molecular weight excluding hydrogens is 796 g/mol. The van der Waals surface area contributed by atoms with Crippen molar-refractivity contribution in [2.24, 2.45) is 5.92 Å². The average Bonchev–Trinajstić information content (AvgIpc) is 3.59. The Kier molecular flexibility index (Phi) is 10.0. The zero-order valence-corrected chi connectivity index (χ0v) is 33.1. The maximum absolute atomic E-state index is 6.69. The molecule has 1 aliphatic carbocycles. The molecule has 0 bridgehead atoms. The van der Waals surface area contributed by atoms with E-state index < -0.39 is 0 Å². The van der Waals surface area contributed by atoms with Crippen LogP contribution in [0.5, 0.6) is 11.5 Å². The third-order valence-electron chi connectivity index (χ3n) is 10.2. The van der Waals surface area contributed by atoms with Crippen LogP contribution in [-0.2, 0) is 32.9 Å². The zero-order valence-electron chi connectivity index (χ0n) is 30.8. The predicted molar refractivity (Wildman–Crippen MR) is 202 cm³/mol. The van der Waals surface area contributed by atoms with Crippen LogP contribution >= 0.6 is 0 Å². The molecule has 0 N–H and O–H groups in total. The number of fused-ring (bicyclic) bond motifs is 3. The van der Waals surface area contributed by atoms with Crippen LogP contribution in [0, 0.1) is 25.0 Å². The van der Waals surface area contributed by atoms with E-state index in [-0.39, 0.29) is 26.5 Å². The van der Waals surface area contributed by atoms with Crippen LogP contribution in [-0.4, -0.2) is 19.3 Å². The number of ether oxygens (including phenoxy) is 1. The van der Waals surface area contributed by atoms with Gasteiger partial charge in [0, 0.05) is 40.1 Å². The van der Waals surface area contributed by atoms with Gasteiger partial charge in [-0.3, -0.25) is 4.68 Å². The number of pyridine rings is 1. The molecule has 260 valence electrons. The van der Waals surface area contributed by atoms with E-state index in [1.165, 1.54) is 34.4 Å². The number of aryl methyl sites for hydroxylation is 2. The first-order valence-corrected chi connectivity index (χ1v) is 17.9. The van der Waals surface area contributed by atoms with Crippen LogP contribution in [0.1, 0.15) is 108 Å². The number of hydrogen-bond acceptors (Lipinski definition) is 3. The maximum Gasteiger partial charge on any atom is 2.00 e. The first-order chi connectivity index (χ1) is 23.4. The summed E-state index contributed by atoms with van der Waals surface area (Å²) in [6, 6.07) is 28.5. The molecule has 2 atom stereocenters. The second-order valence-electron chi connectivity index (χ2n) is 15.2. The standard InChI is InChI=1S/C44H48N4O.Pt/c1-10-31-20-21-45-40(22-31)47-38-17-12-11-16-36(38)37-19-18-34(26-39(37)47)49-35-24-32(27(2)3)23-33(25-35)48-43(44(7,8)9)42(30(6)46-48)41-28(4)14-13-15-29(41)5;/h11-12,14,16-24,27,29,41H,10,13,15H2,1-9H3;/q-2;+2/t29-,41?;/m0./s1. The van der Waals surface area contributed by atoms with Gasteiger partial charge in [0.2, 0.25) is 0 Å². The van der Waals surface area contributed by atoms with Gasteiger partial charge < -0.3 is 9.30 Å². The molecule has 0 fully saturated rings. The van der Waals surface area contributed by atoms with Crippen LogP contribution in [0.25, 0.3) is 33.3 Å². The molecule has 0 amide bonds. The fraction of sp³-hybridized carbons (Fsp3) is 0.364.